The van der Waals surface area contributed by atoms with Gasteiger partial charge in [0.1, 0.15) is 5.75 Å². The number of nitrogens with two attached hydrogens (primary N) is 1. The second-order valence-corrected chi connectivity index (χ2v) is 5.37. The largest absolute Gasteiger partial charge is 0.494 e. The molecule has 0 aromatic heterocycles. The van der Waals surface area contributed by atoms with Crippen LogP contribution in [0.2, 0.25) is 0 Å². The maximum absolute atomic E-state index is 6.00. The predicted octanol–water partition coefficient (Wildman–Crippen LogP) is 3.65. The van der Waals surface area contributed by atoms with Crippen LogP contribution in [0.3, 0.4) is 0 Å². The summed E-state index contributed by atoms with van der Waals surface area (Å²) in [5, 5.41) is 3.35. The van der Waals surface area contributed by atoms with Crippen LogP contribution in [0.15, 0.2) is 24.3 Å². The number of unbranched alkanes of at least 4 members (excludes halogenated alkanes) is 2. The summed E-state index contributed by atoms with van der Waals surface area (Å²) >= 11 is 0. The molecule has 0 bridgehead atoms. The van der Waals surface area contributed by atoms with Gasteiger partial charge >= 0.3 is 0 Å². The van der Waals surface area contributed by atoms with Crippen molar-refractivity contribution in [2.45, 2.75) is 46.1 Å². The Morgan fingerprint density at radius 2 is 1.84 bits per heavy atom. The summed E-state index contributed by atoms with van der Waals surface area (Å²) in [6, 6.07) is 8.29. The first-order valence-corrected chi connectivity index (χ1v) is 7.35. The Balaban J connectivity index is 2.31. The first kappa shape index (κ1) is 15.8. The Morgan fingerprint density at radius 3 is 2.42 bits per heavy atom. The molecule has 19 heavy (non-hydrogen) atoms. The van der Waals surface area contributed by atoms with Crippen LogP contribution in [0, 0.1) is 5.92 Å². The Kier molecular flexibility index (Phi) is 7.34. The smallest absolute Gasteiger partial charge is 0.119 e. The van der Waals surface area contributed by atoms with Crippen molar-refractivity contribution in [3.8, 4) is 5.75 Å². The molecule has 3 heteroatoms. The summed E-state index contributed by atoms with van der Waals surface area (Å²) < 4.78 is 5.67. The van der Waals surface area contributed by atoms with Gasteiger partial charge in [-0.05, 0) is 36.6 Å². The van der Waals surface area contributed by atoms with Gasteiger partial charge in [0.15, 0.2) is 0 Å². The van der Waals surface area contributed by atoms with Gasteiger partial charge in [0.2, 0.25) is 0 Å². The maximum Gasteiger partial charge on any atom is 0.119 e. The van der Waals surface area contributed by atoms with Gasteiger partial charge in [0.05, 0.1) is 6.61 Å². The molecule has 1 atom stereocenters. The molecule has 0 saturated heterocycles. The van der Waals surface area contributed by atoms with E-state index in [0.717, 1.165) is 31.0 Å². The van der Waals surface area contributed by atoms with Gasteiger partial charge in [0, 0.05) is 18.3 Å². The number of hydrogen-bond acceptors (Lipinski definition) is 3. The molecule has 1 aromatic rings. The van der Waals surface area contributed by atoms with Crippen molar-refractivity contribution in [2.75, 3.05) is 18.5 Å². The van der Waals surface area contributed by atoms with Crippen LogP contribution in [-0.2, 0) is 0 Å². The average molecular weight is 264 g/mol. The van der Waals surface area contributed by atoms with Gasteiger partial charge in [-0.15, -0.1) is 0 Å². The predicted molar refractivity (Wildman–Crippen MR) is 82.8 cm³/mol. The van der Waals surface area contributed by atoms with Crippen LogP contribution in [-0.4, -0.2) is 19.2 Å². The number of rotatable bonds is 9. The van der Waals surface area contributed by atoms with Gasteiger partial charge in [-0.3, -0.25) is 0 Å². The third-order valence-corrected chi connectivity index (χ3v) is 3.27. The van der Waals surface area contributed by atoms with E-state index in [2.05, 4.69) is 26.1 Å². The molecule has 3 nitrogen and oxygen atoms in total. The quantitative estimate of drug-likeness (QED) is 0.669. The Bertz CT molecular complexity index is 335. The molecule has 0 fully saturated rings. The van der Waals surface area contributed by atoms with Crippen LogP contribution < -0.4 is 15.8 Å². The van der Waals surface area contributed by atoms with E-state index in [1.807, 2.05) is 24.3 Å². The molecule has 0 heterocycles. The highest BCUT2D eigenvalue weighted by Crippen LogP contribution is 2.16. The zero-order chi connectivity index (χ0) is 14.1. The number of nitrogens with one attached hydrogen (secondary N) is 1. The van der Waals surface area contributed by atoms with E-state index < -0.39 is 0 Å². The van der Waals surface area contributed by atoms with E-state index in [1.165, 1.54) is 12.8 Å². The second-order valence-electron chi connectivity index (χ2n) is 5.37. The van der Waals surface area contributed by atoms with E-state index in [1.54, 1.807) is 0 Å². The molecular formula is C16H28N2O. The Morgan fingerprint density at radius 1 is 1.16 bits per heavy atom. The van der Waals surface area contributed by atoms with Crippen LogP contribution in [0.4, 0.5) is 5.69 Å². The normalized spacial score (nSPS) is 12.5. The maximum atomic E-state index is 6.00. The lowest BCUT2D eigenvalue weighted by Gasteiger charge is -2.17. The molecule has 0 saturated carbocycles. The van der Waals surface area contributed by atoms with E-state index in [9.17, 15) is 0 Å². The molecule has 1 aromatic carbocycles. The lowest BCUT2D eigenvalue weighted by Crippen LogP contribution is -2.33. The second kappa shape index (κ2) is 8.81. The minimum Gasteiger partial charge on any atom is -0.494 e. The van der Waals surface area contributed by atoms with Gasteiger partial charge < -0.3 is 15.8 Å². The summed E-state index contributed by atoms with van der Waals surface area (Å²) in [5.74, 6) is 1.43. The van der Waals surface area contributed by atoms with Crippen molar-refractivity contribution in [2.24, 2.45) is 11.7 Å². The fourth-order valence-corrected chi connectivity index (χ4v) is 1.68. The Labute approximate surface area is 117 Å². The van der Waals surface area contributed by atoms with Crippen LogP contribution >= 0.6 is 0 Å². The first-order chi connectivity index (χ1) is 9.13. The summed E-state index contributed by atoms with van der Waals surface area (Å²) in [5.41, 5.74) is 7.10. The van der Waals surface area contributed by atoms with Crippen LogP contribution in [0.1, 0.15) is 40.0 Å². The molecule has 0 radical (unpaired) electrons. The minimum absolute atomic E-state index is 0.185. The van der Waals surface area contributed by atoms with E-state index >= 15 is 0 Å². The number of benzene rings is 1. The lowest BCUT2D eigenvalue weighted by atomic mass is 10.1. The van der Waals surface area contributed by atoms with Crippen molar-refractivity contribution in [3.05, 3.63) is 24.3 Å². The highest BCUT2D eigenvalue weighted by molar-refractivity contribution is 5.46. The molecule has 1 unspecified atom stereocenters. The highest BCUT2D eigenvalue weighted by Gasteiger charge is 2.06. The Hall–Kier alpha value is -1.22. The van der Waals surface area contributed by atoms with Gasteiger partial charge in [-0.1, -0.05) is 33.6 Å². The summed E-state index contributed by atoms with van der Waals surface area (Å²) in [4.78, 5) is 0. The molecular weight excluding hydrogens is 236 g/mol. The topological polar surface area (TPSA) is 47.3 Å². The van der Waals surface area contributed by atoms with E-state index in [-0.39, 0.29) is 6.04 Å². The van der Waals surface area contributed by atoms with E-state index in [0.29, 0.717) is 5.92 Å². The highest BCUT2D eigenvalue weighted by atomic mass is 16.5. The van der Waals surface area contributed by atoms with Crippen molar-refractivity contribution < 1.29 is 4.74 Å². The van der Waals surface area contributed by atoms with Gasteiger partial charge in [0.25, 0.3) is 0 Å². The van der Waals surface area contributed by atoms with Gasteiger partial charge in [-0.2, -0.15) is 0 Å². The molecule has 3 N–H and O–H groups in total. The first-order valence-electron chi connectivity index (χ1n) is 7.35. The summed E-state index contributed by atoms with van der Waals surface area (Å²) in [6.07, 6.45) is 3.58. The van der Waals surface area contributed by atoms with Crippen LogP contribution in [0.5, 0.6) is 5.75 Å². The van der Waals surface area contributed by atoms with Crippen molar-refractivity contribution in [3.63, 3.8) is 0 Å². The van der Waals surface area contributed by atoms with Crippen LogP contribution in [0.25, 0.3) is 0 Å². The fourth-order valence-electron chi connectivity index (χ4n) is 1.68. The molecule has 0 aliphatic carbocycles. The third-order valence-electron chi connectivity index (χ3n) is 3.27. The summed E-state index contributed by atoms with van der Waals surface area (Å²) in [7, 11) is 0. The van der Waals surface area contributed by atoms with Crippen molar-refractivity contribution >= 4 is 5.69 Å². The average Bonchev–Trinajstić information content (AvgIpc) is 2.42. The monoisotopic (exact) mass is 264 g/mol. The third kappa shape index (κ3) is 6.48. The van der Waals surface area contributed by atoms with Gasteiger partial charge in [-0.25, -0.2) is 0 Å². The lowest BCUT2D eigenvalue weighted by molar-refractivity contribution is 0.306. The minimum atomic E-state index is 0.185. The molecule has 0 spiro atoms. The summed E-state index contributed by atoms with van der Waals surface area (Å²) in [6.45, 7) is 8.08. The molecule has 0 aliphatic heterocycles. The molecule has 108 valence electrons. The SMILES string of the molecule is CCCCCOc1ccc(NCC(N)C(C)C)cc1. The number of ether oxygens (including phenoxy) is 1. The van der Waals surface area contributed by atoms with Crippen molar-refractivity contribution in [1.82, 2.24) is 0 Å². The zero-order valence-corrected chi connectivity index (χ0v) is 12.5. The standard InChI is InChI=1S/C16H28N2O/c1-4-5-6-11-19-15-9-7-14(8-10-15)18-12-16(17)13(2)3/h7-10,13,16,18H,4-6,11-12,17H2,1-3H3. The molecule has 1 rings (SSSR count). The zero-order valence-electron chi connectivity index (χ0n) is 12.5. The number of hydrogen-bond donors (Lipinski definition) is 2. The number of anilines is 1. The van der Waals surface area contributed by atoms with E-state index in [4.69, 9.17) is 10.5 Å². The van der Waals surface area contributed by atoms with Crippen molar-refractivity contribution in [1.29, 1.82) is 0 Å². The fraction of sp³-hybridized carbons (Fsp3) is 0.625. The molecule has 0 amide bonds. The molecule has 0 aliphatic rings.